The standard InChI is InChI=1S/C24H31N3OS2.ClH/c1-17(2)29-20-12-10-19(11-13-20)16-22(28)27(15-7-14-26(4)5)24-25-23-18(3)8-6-9-21(23)30-24;/h6,8-13,17H,7,14-16H2,1-5H3;1H. The van der Waals surface area contributed by atoms with Gasteiger partial charge in [-0.05, 0) is 63.3 Å². The molecule has 0 aliphatic carbocycles. The molecular formula is C24H32ClN3OS2. The number of rotatable bonds is 9. The van der Waals surface area contributed by atoms with Crippen molar-refractivity contribution in [2.24, 2.45) is 0 Å². The summed E-state index contributed by atoms with van der Waals surface area (Å²) in [6.45, 7) is 8.06. The van der Waals surface area contributed by atoms with Crippen LogP contribution in [0, 0.1) is 6.92 Å². The van der Waals surface area contributed by atoms with Gasteiger partial charge < -0.3 is 4.90 Å². The Morgan fingerprint density at radius 3 is 2.42 bits per heavy atom. The van der Waals surface area contributed by atoms with Gasteiger partial charge in [0.1, 0.15) is 0 Å². The molecule has 2 aromatic carbocycles. The van der Waals surface area contributed by atoms with Crippen molar-refractivity contribution in [1.29, 1.82) is 0 Å². The molecule has 0 atom stereocenters. The van der Waals surface area contributed by atoms with Crippen LogP contribution in [0.4, 0.5) is 5.13 Å². The van der Waals surface area contributed by atoms with Crippen LogP contribution in [0.15, 0.2) is 47.4 Å². The van der Waals surface area contributed by atoms with Gasteiger partial charge in [0, 0.05) is 16.7 Å². The number of carbonyl (C=O) groups excluding carboxylic acids is 1. The largest absolute Gasteiger partial charge is 0.309 e. The van der Waals surface area contributed by atoms with Gasteiger partial charge in [-0.3, -0.25) is 9.69 Å². The molecule has 0 fully saturated rings. The first-order valence-corrected chi connectivity index (χ1v) is 12.1. The minimum Gasteiger partial charge on any atom is -0.309 e. The number of aryl methyl sites for hydroxylation is 1. The van der Waals surface area contributed by atoms with Gasteiger partial charge in [-0.1, -0.05) is 49.4 Å². The normalized spacial score (nSPS) is 11.2. The minimum absolute atomic E-state index is 0. The van der Waals surface area contributed by atoms with E-state index < -0.39 is 0 Å². The third kappa shape index (κ3) is 7.21. The van der Waals surface area contributed by atoms with Crippen molar-refractivity contribution in [3.8, 4) is 0 Å². The van der Waals surface area contributed by atoms with E-state index in [0.29, 0.717) is 18.2 Å². The van der Waals surface area contributed by atoms with E-state index in [1.165, 1.54) is 4.90 Å². The molecule has 0 N–H and O–H groups in total. The molecule has 0 aliphatic rings. The summed E-state index contributed by atoms with van der Waals surface area (Å²) in [5.41, 5.74) is 3.19. The summed E-state index contributed by atoms with van der Waals surface area (Å²) < 4.78 is 1.13. The molecule has 3 rings (SSSR count). The molecule has 168 valence electrons. The maximum absolute atomic E-state index is 13.3. The second-order valence-corrected chi connectivity index (χ2v) is 10.8. The van der Waals surface area contributed by atoms with Crippen LogP contribution < -0.4 is 4.90 Å². The monoisotopic (exact) mass is 477 g/mol. The van der Waals surface area contributed by atoms with Crippen LogP contribution in [-0.4, -0.2) is 48.2 Å². The number of thiazole rings is 1. The van der Waals surface area contributed by atoms with Gasteiger partial charge in [0.2, 0.25) is 5.91 Å². The molecular weight excluding hydrogens is 446 g/mol. The van der Waals surface area contributed by atoms with Crippen molar-refractivity contribution < 1.29 is 4.79 Å². The van der Waals surface area contributed by atoms with Gasteiger partial charge in [0.25, 0.3) is 0 Å². The lowest BCUT2D eigenvalue weighted by atomic mass is 10.1. The molecule has 31 heavy (non-hydrogen) atoms. The SMILES string of the molecule is Cc1cccc2sc(N(CCCN(C)C)C(=O)Cc3ccc(SC(C)C)cc3)nc12.Cl. The quantitative estimate of drug-likeness (QED) is 0.351. The third-order valence-corrected chi connectivity index (χ3v) is 6.84. The molecule has 0 aliphatic heterocycles. The number of aromatic nitrogens is 1. The summed E-state index contributed by atoms with van der Waals surface area (Å²) in [5, 5.41) is 1.35. The highest BCUT2D eigenvalue weighted by atomic mass is 35.5. The number of carbonyl (C=O) groups is 1. The molecule has 0 spiro atoms. The maximum Gasteiger partial charge on any atom is 0.233 e. The summed E-state index contributed by atoms with van der Waals surface area (Å²) in [7, 11) is 4.12. The molecule has 1 amide bonds. The van der Waals surface area contributed by atoms with E-state index in [0.717, 1.165) is 39.4 Å². The number of nitrogens with zero attached hydrogens (tertiary/aromatic N) is 3. The zero-order chi connectivity index (χ0) is 21.7. The lowest BCUT2D eigenvalue weighted by molar-refractivity contribution is -0.118. The summed E-state index contributed by atoms with van der Waals surface area (Å²) >= 11 is 3.44. The number of para-hydroxylation sites is 1. The van der Waals surface area contributed by atoms with Crippen molar-refractivity contribution in [3.63, 3.8) is 0 Å². The number of benzene rings is 2. The molecule has 0 unspecified atom stereocenters. The lowest BCUT2D eigenvalue weighted by Gasteiger charge is -2.21. The van der Waals surface area contributed by atoms with Crippen LogP contribution in [0.3, 0.4) is 0 Å². The third-order valence-electron chi connectivity index (χ3n) is 4.78. The van der Waals surface area contributed by atoms with Crippen LogP contribution in [0.5, 0.6) is 0 Å². The molecule has 1 aromatic heterocycles. The number of hydrogen-bond acceptors (Lipinski definition) is 5. The molecule has 0 radical (unpaired) electrons. The van der Waals surface area contributed by atoms with E-state index in [9.17, 15) is 4.79 Å². The van der Waals surface area contributed by atoms with Gasteiger partial charge in [-0.2, -0.15) is 0 Å². The Balaban J connectivity index is 0.00000341. The first-order chi connectivity index (χ1) is 14.3. The minimum atomic E-state index is 0. The second kappa shape index (κ2) is 11.9. The van der Waals surface area contributed by atoms with E-state index in [2.05, 4.69) is 82.2 Å². The fourth-order valence-electron chi connectivity index (χ4n) is 3.29. The Hall–Kier alpha value is -1.60. The van der Waals surface area contributed by atoms with Gasteiger partial charge in [0.05, 0.1) is 16.6 Å². The number of fused-ring (bicyclic) bond motifs is 1. The molecule has 0 bridgehead atoms. The fraction of sp³-hybridized carbons (Fsp3) is 0.417. The van der Waals surface area contributed by atoms with E-state index >= 15 is 0 Å². The highest BCUT2D eigenvalue weighted by molar-refractivity contribution is 7.99. The number of anilines is 1. The molecule has 7 heteroatoms. The number of halogens is 1. The number of hydrogen-bond donors (Lipinski definition) is 0. The van der Waals surface area contributed by atoms with Crippen LogP contribution in [0.2, 0.25) is 0 Å². The van der Waals surface area contributed by atoms with Crippen molar-refractivity contribution in [3.05, 3.63) is 53.6 Å². The Morgan fingerprint density at radius 2 is 1.81 bits per heavy atom. The zero-order valence-electron chi connectivity index (χ0n) is 18.9. The summed E-state index contributed by atoms with van der Waals surface area (Å²) in [6.07, 6.45) is 1.31. The number of amides is 1. The molecule has 3 aromatic rings. The highest BCUT2D eigenvalue weighted by Crippen LogP contribution is 2.31. The van der Waals surface area contributed by atoms with Crippen molar-refractivity contribution in [1.82, 2.24) is 9.88 Å². The van der Waals surface area contributed by atoms with E-state index in [1.807, 2.05) is 16.7 Å². The Bertz CT molecular complexity index is 986. The first kappa shape index (κ1) is 25.7. The molecule has 1 heterocycles. The Morgan fingerprint density at radius 1 is 1.10 bits per heavy atom. The molecule has 4 nitrogen and oxygen atoms in total. The molecule has 0 saturated heterocycles. The van der Waals surface area contributed by atoms with Crippen molar-refractivity contribution in [2.75, 3.05) is 32.1 Å². The van der Waals surface area contributed by atoms with Crippen molar-refractivity contribution in [2.45, 2.75) is 43.8 Å². The zero-order valence-corrected chi connectivity index (χ0v) is 21.4. The summed E-state index contributed by atoms with van der Waals surface area (Å²) in [5.74, 6) is 0.106. The highest BCUT2D eigenvalue weighted by Gasteiger charge is 2.20. The van der Waals surface area contributed by atoms with E-state index in [4.69, 9.17) is 4.98 Å². The van der Waals surface area contributed by atoms with Crippen LogP contribution in [-0.2, 0) is 11.2 Å². The van der Waals surface area contributed by atoms with Crippen molar-refractivity contribution >= 4 is 56.8 Å². The van der Waals surface area contributed by atoms with Gasteiger partial charge in [-0.25, -0.2) is 4.98 Å². The maximum atomic E-state index is 13.3. The second-order valence-electron chi connectivity index (χ2n) is 8.11. The van der Waals surface area contributed by atoms with Gasteiger partial charge in [0.15, 0.2) is 5.13 Å². The van der Waals surface area contributed by atoms with Crippen LogP contribution in [0.1, 0.15) is 31.4 Å². The van der Waals surface area contributed by atoms with Gasteiger partial charge >= 0.3 is 0 Å². The van der Waals surface area contributed by atoms with Crippen LogP contribution in [0.25, 0.3) is 10.2 Å². The predicted molar refractivity (Wildman–Crippen MR) is 138 cm³/mol. The summed E-state index contributed by atoms with van der Waals surface area (Å²) in [6, 6.07) is 14.6. The Labute approximate surface area is 200 Å². The smallest absolute Gasteiger partial charge is 0.233 e. The average molecular weight is 478 g/mol. The lowest BCUT2D eigenvalue weighted by Crippen LogP contribution is -2.34. The van der Waals surface area contributed by atoms with E-state index in [1.54, 1.807) is 11.3 Å². The van der Waals surface area contributed by atoms with Gasteiger partial charge in [-0.15, -0.1) is 24.2 Å². The molecule has 0 saturated carbocycles. The van der Waals surface area contributed by atoms with E-state index in [-0.39, 0.29) is 18.3 Å². The van der Waals surface area contributed by atoms with Crippen LogP contribution >= 0.6 is 35.5 Å². The predicted octanol–water partition coefficient (Wildman–Crippen LogP) is 6.05. The summed E-state index contributed by atoms with van der Waals surface area (Å²) in [4.78, 5) is 23.4. The topological polar surface area (TPSA) is 36.4 Å². The first-order valence-electron chi connectivity index (χ1n) is 10.4. The average Bonchev–Trinajstić information content (AvgIpc) is 3.11. The number of thioether (sulfide) groups is 1. The fourth-order valence-corrected chi connectivity index (χ4v) is 5.21. The Kier molecular flexibility index (Phi) is 9.82.